The minimum atomic E-state index is -0.698. The Balaban J connectivity index is 1.90. The standard InChI is InChI=1S/C16H22O2/c1-15(2)9-4-10-16(15,17)12-5-3-6-14(11-12)18-13-7-8-13/h3,5-6,11,13,17H,4,7-10H2,1-2H3. The van der Waals surface area contributed by atoms with E-state index in [1.807, 2.05) is 24.3 Å². The van der Waals surface area contributed by atoms with Crippen molar-refractivity contribution in [2.24, 2.45) is 5.41 Å². The first-order chi connectivity index (χ1) is 8.51. The summed E-state index contributed by atoms with van der Waals surface area (Å²) in [6, 6.07) is 8.06. The van der Waals surface area contributed by atoms with Gasteiger partial charge in [-0.1, -0.05) is 26.0 Å². The molecule has 0 spiro atoms. The van der Waals surface area contributed by atoms with E-state index in [2.05, 4.69) is 13.8 Å². The number of aliphatic hydroxyl groups is 1. The summed E-state index contributed by atoms with van der Waals surface area (Å²) in [5.74, 6) is 0.908. The van der Waals surface area contributed by atoms with Crippen molar-refractivity contribution in [1.29, 1.82) is 0 Å². The van der Waals surface area contributed by atoms with E-state index in [0.29, 0.717) is 6.10 Å². The normalized spacial score (nSPS) is 30.4. The molecule has 2 saturated carbocycles. The smallest absolute Gasteiger partial charge is 0.120 e. The highest BCUT2D eigenvalue weighted by Gasteiger charge is 2.48. The maximum absolute atomic E-state index is 11.0. The third kappa shape index (κ3) is 1.93. The lowest BCUT2D eigenvalue weighted by molar-refractivity contribution is -0.0486. The lowest BCUT2D eigenvalue weighted by Gasteiger charge is -2.37. The van der Waals surface area contributed by atoms with E-state index in [9.17, 15) is 5.11 Å². The molecule has 1 aromatic carbocycles. The highest BCUT2D eigenvalue weighted by atomic mass is 16.5. The molecule has 2 aliphatic carbocycles. The van der Waals surface area contributed by atoms with Gasteiger partial charge in [0, 0.05) is 0 Å². The molecule has 1 N–H and O–H groups in total. The molecule has 1 aromatic rings. The van der Waals surface area contributed by atoms with Crippen LogP contribution >= 0.6 is 0 Å². The van der Waals surface area contributed by atoms with Crippen molar-refractivity contribution in [2.75, 3.05) is 0 Å². The summed E-state index contributed by atoms with van der Waals surface area (Å²) in [5, 5.41) is 11.0. The summed E-state index contributed by atoms with van der Waals surface area (Å²) in [6.45, 7) is 4.32. The first-order valence-corrected chi connectivity index (χ1v) is 7.01. The van der Waals surface area contributed by atoms with Crippen LogP contribution in [0.15, 0.2) is 24.3 Å². The van der Waals surface area contributed by atoms with Gasteiger partial charge in [0.25, 0.3) is 0 Å². The molecule has 2 fully saturated rings. The van der Waals surface area contributed by atoms with Crippen LogP contribution in [0.1, 0.15) is 51.5 Å². The van der Waals surface area contributed by atoms with Gasteiger partial charge in [0.05, 0.1) is 11.7 Å². The van der Waals surface area contributed by atoms with Gasteiger partial charge in [-0.3, -0.25) is 0 Å². The quantitative estimate of drug-likeness (QED) is 0.882. The summed E-state index contributed by atoms with van der Waals surface area (Å²) >= 11 is 0. The van der Waals surface area contributed by atoms with E-state index in [0.717, 1.165) is 30.6 Å². The molecule has 98 valence electrons. The zero-order chi connectivity index (χ0) is 12.8. The Morgan fingerprint density at radius 1 is 1.22 bits per heavy atom. The number of hydrogen-bond donors (Lipinski definition) is 1. The Bertz CT molecular complexity index is 448. The monoisotopic (exact) mass is 246 g/mol. The van der Waals surface area contributed by atoms with Crippen molar-refractivity contribution in [3.8, 4) is 5.75 Å². The van der Waals surface area contributed by atoms with Crippen molar-refractivity contribution >= 4 is 0 Å². The molecule has 0 aliphatic heterocycles. The predicted octanol–water partition coefficient (Wildman–Crippen LogP) is 3.63. The second-order valence-corrected chi connectivity index (χ2v) is 6.44. The molecule has 0 saturated heterocycles. The molecule has 1 atom stereocenters. The average Bonchev–Trinajstić information content (AvgIpc) is 3.07. The zero-order valence-electron chi connectivity index (χ0n) is 11.3. The van der Waals surface area contributed by atoms with Crippen LogP contribution in [-0.2, 0) is 5.60 Å². The third-order valence-electron chi connectivity index (χ3n) is 4.60. The van der Waals surface area contributed by atoms with Gasteiger partial charge in [-0.15, -0.1) is 0 Å². The Morgan fingerprint density at radius 2 is 2.00 bits per heavy atom. The number of ether oxygens (including phenoxy) is 1. The molecule has 2 nitrogen and oxygen atoms in total. The molecular weight excluding hydrogens is 224 g/mol. The van der Waals surface area contributed by atoms with E-state index in [4.69, 9.17) is 4.74 Å². The third-order valence-corrected chi connectivity index (χ3v) is 4.60. The van der Waals surface area contributed by atoms with E-state index >= 15 is 0 Å². The van der Waals surface area contributed by atoms with Gasteiger partial charge in [-0.25, -0.2) is 0 Å². The molecule has 0 aromatic heterocycles. The summed E-state index contributed by atoms with van der Waals surface area (Å²) in [6.07, 6.45) is 5.77. The van der Waals surface area contributed by atoms with E-state index in [1.165, 1.54) is 12.8 Å². The highest BCUT2D eigenvalue weighted by Crippen LogP contribution is 2.52. The van der Waals surface area contributed by atoms with Gasteiger partial charge < -0.3 is 9.84 Å². The van der Waals surface area contributed by atoms with E-state index in [-0.39, 0.29) is 5.41 Å². The van der Waals surface area contributed by atoms with Crippen LogP contribution in [0.5, 0.6) is 5.75 Å². The van der Waals surface area contributed by atoms with Crippen molar-refractivity contribution in [3.05, 3.63) is 29.8 Å². The number of rotatable bonds is 3. The average molecular weight is 246 g/mol. The fraction of sp³-hybridized carbons (Fsp3) is 0.625. The molecular formula is C16H22O2. The van der Waals surface area contributed by atoms with Crippen LogP contribution in [-0.4, -0.2) is 11.2 Å². The van der Waals surface area contributed by atoms with Crippen LogP contribution in [0.3, 0.4) is 0 Å². The maximum atomic E-state index is 11.0. The fourth-order valence-corrected chi connectivity index (χ4v) is 3.07. The predicted molar refractivity (Wildman–Crippen MR) is 71.6 cm³/mol. The molecule has 0 amide bonds. The van der Waals surface area contributed by atoms with Crippen molar-refractivity contribution < 1.29 is 9.84 Å². The Morgan fingerprint density at radius 3 is 2.61 bits per heavy atom. The molecule has 2 heteroatoms. The Labute approximate surface area is 109 Å². The lowest BCUT2D eigenvalue weighted by Crippen LogP contribution is -2.36. The van der Waals surface area contributed by atoms with Crippen molar-refractivity contribution in [1.82, 2.24) is 0 Å². The summed E-state index contributed by atoms with van der Waals surface area (Å²) in [7, 11) is 0. The number of hydrogen-bond acceptors (Lipinski definition) is 2. The second kappa shape index (κ2) is 3.99. The van der Waals surface area contributed by atoms with Crippen LogP contribution < -0.4 is 4.74 Å². The Kier molecular flexibility index (Phi) is 2.67. The lowest BCUT2D eigenvalue weighted by atomic mass is 9.73. The molecule has 0 radical (unpaired) electrons. The van der Waals surface area contributed by atoms with Crippen LogP contribution in [0.25, 0.3) is 0 Å². The number of benzene rings is 1. The fourth-order valence-electron chi connectivity index (χ4n) is 3.07. The summed E-state index contributed by atoms with van der Waals surface area (Å²) < 4.78 is 5.83. The van der Waals surface area contributed by atoms with Gasteiger partial charge in [-0.05, 0) is 55.2 Å². The summed E-state index contributed by atoms with van der Waals surface area (Å²) in [4.78, 5) is 0. The molecule has 2 aliphatic rings. The first-order valence-electron chi connectivity index (χ1n) is 7.01. The van der Waals surface area contributed by atoms with Crippen molar-refractivity contribution in [3.63, 3.8) is 0 Å². The van der Waals surface area contributed by atoms with Gasteiger partial charge >= 0.3 is 0 Å². The van der Waals surface area contributed by atoms with Crippen LogP contribution in [0, 0.1) is 5.41 Å². The second-order valence-electron chi connectivity index (χ2n) is 6.44. The van der Waals surface area contributed by atoms with Gasteiger partial charge in [-0.2, -0.15) is 0 Å². The molecule has 3 rings (SSSR count). The van der Waals surface area contributed by atoms with Crippen molar-refractivity contribution in [2.45, 2.75) is 57.7 Å². The van der Waals surface area contributed by atoms with Crippen LogP contribution in [0.2, 0.25) is 0 Å². The van der Waals surface area contributed by atoms with Crippen LogP contribution in [0.4, 0.5) is 0 Å². The molecule has 0 bridgehead atoms. The maximum Gasteiger partial charge on any atom is 0.120 e. The van der Waals surface area contributed by atoms with E-state index in [1.54, 1.807) is 0 Å². The minimum Gasteiger partial charge on any atom is -0.490 e. The SMILES string of the molecule is CC1(C)CCCC1(O)c1cccc(OC2CC2)c1. The molecule has 18 heavy (non-hydrogen) atoms. The topological polar surface area (TPSA) is 29.5 Å². The first kappa shape index (κ1) is 12.0. The summed E-state index contributed by atoms with van der Waals surface area (Å²) in [5.41, 5.74) is 0.268. The highest BCUT2D eigenvalue weighted by molar-refractivity contribution is 5.34. The van der Waals surface area contributed by atoms with Gasteiger partial charge in [0.2, 0.25) is 0 Å². The minimum absolute atomic E-state index is 0.0504. The molecule has 0 heterocycles. The Hall–Kier alpha value is -1.02. The molecule has 1 unspecified atom stereocenters. The van der Waals surface area contributed by atoms with Gasteiger partial charge in [0.15, 0.2) is 0 Å². The zero-order valence-corrected chi connectivity index (χ0v) is 11.3. The van der Waals surface area contributed by atoms with E-state index < -0.39 is 5.60 Å². The largest absolute Gasteiger partial charge is 0.490 e. The van der Waals surface area contributed by atoms with Gasteiger partial charge in [0.1, 0.15) is 5.75 Å².